The Morgan fingerprint density at radius 1 is 1.42 bits per heavy atom. The highest BCUT2D eigenvalue weighted by Gasteiger charge is 2.15. The molecule has 2 heterocycles. The largest absolute Gasteiger partial charge is 0.332 e. The second-order valence-corrected chi connectivity index (χ2v) is 3.86. The lowest BCUT2D eigenvalue weighted by molar-refractivity contribution is 0.501. The lowest BCUT2D eigenvalue weighted by Crippen LogP contribution is -2.13. The molecule has 2 nitrogen and oxygen atoms in total. The van der Waals surface area contributed by atoms with Gasteiger partial charge in [-0.15, -0.1) is 0 Å². The molecule has 0 spiro atoms. The maximum Gasteiger partial charge on any atom is 0.108 e. The average molecular weight is 164 g/mol. The lowest BCUT2D eigenvalue weighted by Gasteiger charge is -2.17. The molecule has 0 saturated carbocycles. The summed E-state index contributed by atoms with van der Waals surface area (Å²) in [6.45, 7) is 5.65. The zero-order valence-corrected chi connectivity index (χ0v) is 7.88. The zero-order chi connectivity index (χ0) is 8.55. The van der Waals surface area contributed by atoms with E-state index in [1.54, 1.807) is 0 Å². The third kappa shape index (κ3) is 1.15. The van der Waals surface area contributed by atoms with E-state index in [1.165, 1.54) is 37.3 Å². The van der Waals surface area contributed by atoms with Crippen LogP contribution in [0.5, 0.6) is 0 Å². The topological polar surface area (TPSA) is 17.8 Å². The number of nitrogens with zero attached hydrogens (tertiary/aromatic N) is 2. The fourth-order valence-corrected chi connectivity index (χ4v) is 1.90. The molecule has 0 aliphatic carbocycles. The van der Waals surface area contributed by atoms with E-state index in [-0.39, 0.29) is 0 Å². The fourth-order valence-electron chi connectivity index (χ4n) is 1.90. The molecule has 0 amide bonds. The van der Waals surface area contributed by atoms with Gasteiger partial charge in [0, 0.05) is 24.9 Å². The smallest absolute Gasteiger partial charge is 0.108 e. The van der Waals surface area contributed by atoms with Gasteiger partial charge in [-0.3, -0.25) is 0 Å². The minimum Gasteiger partial charge on any atom is -0.332 e. The number of hydrogen-bond donors (Lipinski definition) is 0. The number of aromatic nitrogens is 2. The van der Waals surface area contributed by atoms with E-state index in [9.17, 15) is 0 Å². The summed E-state index contributed by atoms with van der Waals surface area (Å²) in [6.07, 6.45) is 5.86. The molecule has 0 bridgehead atoms. The van der Waals surface area contributed by atoms with Crippen molar-refractivity contribution in [3.8, 4) is 0 Å². The minimum atomic E-state index is 0.615. The summed E-state index contributed by atoms with van der Waals surface area (Å²) < 4.78 is 2.40. The highest BCUT2D eigenvalue weighted by Crippen LogP contribution is 2.21. The number of rotatable bonds is 1. The maximum absolute atomic E-state index is 4.44. The van der Waals surface area contributed by atoms with Crippen LogP contribution in [-0.4, -0.2) is 9.55 Å². The number of imidazole rings is 1. The van der Waals surface area contributed by atoms with Gasteiger partial charge in [-0.2, -0.15) is 0 Å². The minimum absolute atomic E-state index is 0.615. The highest BCUT2D eigenvalue weighted by molar-refractivity contribution is 5.10. The van der Waals surface area contributed by atoms with Crippen LogP contribution < -0.4 is 0 Å². The number of aryl methyl sites for hydroxylation is 1. The van der Waals surface area contributed by atoms with E-state index in [0.717, 1.165) is 0 Å². The van der Waals surface area contributed by atoms with Crippen molar-refractivity contribution in [2.45, 2.75) is 45.6 Å². The molecule has 1 aliphatic rings. The summed E-state index contributed by atoms with van der Waals surface area (Å²) in [5.41, 5.74) is 1.41. The van der Waals surface area contributed by atoms with Gasteiger partial charge in [0.1, 0.15) is 5.82 Å². The Balaban J connectivity index is 2.38. The molecule has 0 aromatic carbocycles. The van der Waals surface area contributed by atoms with Crippen molar-refractivity contribution in [2.75, 3.05) is 0 Å². The molecule has 0 unspecified atom stereocenters. The van der Waals surface area contributed by atoms with Crippen LogP contribution in [0.3, 0.4) is 0 Å². The first kappa shape index (κ1) is 7.84. The third-order valence-electron chi connectivity index (χ3n) is 2.59. The van der Waals surface area contributed by atoms with Crippen LogP contribution in [0.4, 0.5) is 0 Å². The summed E-state index contributed by atoms with van der Waals surface area (Å²) in [5, 5.41) is 0. The van der Waals surface area contributed by atoms with Gasteiger partial charge in [0.05, 0.1) is 0 Å². The summed E-state index contributed by atoms with van der Waals surface area (Å²) in [5.74, 6) is 1.91. The van der Waals surface area contributed by atoms with Crippen molar-refractivity contribution in [3.05, 3.63) is 17.7 Å². The van der Waals surface area contributed by atoms with E-state index in [0.29, 0.717) is 5.92 Å². The van der Waals surface area contributed by atoms with E-state index in [2.05, 4.69) is 23.4 Å². The Kier molecular flexibility index (Phi) is 1.91. The van der Waals surface area contributed by atoms with Gasteiger partial charge in [-0.25, -0.2) is 4.98 Å². The Bertz CT molecular complexity index is 273. The molecule has 2 rings (SSSR count). The molecule has 1 aromatic heterocycles. The molecule has 0 N–H and O–H groups in total. The molecule has 1 aromatic rings. The molecule has 1 aliphatic heterocycles. The monoisotopic (exact) mass is 164 g/mol. The molecule has 0 atom stereocenters. The van der Waals surface area contributed by atoms with Crippen molar-refractivity contribution >= 4 is 0 Å². The van der Waals surface area contributed by atoms with Crippen LogP contribution in [0.1, 0.15) is 44.1 Å². The quantitative estimate of drug-likeness (QED) is 0.623. The van der Waals surface area contributed by atoms with E-state index < -0.39 is 0 Å². The molecule has 12 heavy (non-hydrogen) atoms. The van der Waals surface area contributed by atoms with Crippen molar-refractivity contribution in [1.29, 1.82) is 0 Å². The summed E-state index contributed by atoms with van der Waals surface area (Å²) in [4.78, 5) is 4.44. The Morgan fingerprint density at radius 2 is 2.25 bits per heavy atom. The lowest BCUT2D eigenvalue weighted by atomic mass is 10.1. The van der Waals surface area contributed by atoms with Crippen molar-refractivity contribution < 1.29 is 0 Å². The Labute approximate surface area is 73.6 Å². The normalized spacial score (nSPS) is 16.6. The summed E-state index contributed by atoms with van der Waals surface area (Å²) in [6, 6.07) is 0. The molecule has 0 radical (unpaired) electrons. The summed E-state index contributed by atoms with van der Waals surface area (Å²) >= 11 is 0. The van der Waals surface area contributed by atoms with Gasteiger partial charge in [0.15, 0.2) is 0 Å². The highest BCUT2D eigenvalue weighted by atomic mass is 15.1. The molecule has 66 valence electrons. The van der Waals surface area contributed by atoms with Crippen LogP contribution >= 0.6 is 0 Å². The van der Waals surface area contributed by atoms with Gasteiger partial charge in [0.25, 0.3) is 0 Å². The van der Waals surface area contributed by atoms with Crippen LogP contribution in [0.15, 0.2) is 6.20 Å². The van der Waals surface area contributed by atoms with E-state index in [1.807, 2.05) is 6.20 Å². The van der Waals surface area contributed by atoms with Crippen LogP contribution in [0, 0.1) is 0 Å². The van der Waals surface area contributed by atoms with Gasteiger partial charge in [-0.1, -0.05) is 13.8 Å². The standard InChI is InChI=1S/C10H16N2/c1-8(2)9-7-11-10-5-3-4-6-12(9)10/h7-8H,3-6H2,1-2H3. The van der Waals surface area contributed by atoms with Gasteiger partial charge < -0.3 is 4.57 Å². The van der Waals surface area contributed by atoms with Gasteiger partial charge in [0.2, 0.25) is 0 Å². The first-order chi connectivity index (χ1) is 5.79. The van der Waals surface area contributed by atoms with Gasteiger partial charge >= 0.3 is 0 Å². The molecule has 0 saturated heterocycles. The van der Waals surface area contributed by atoms with Crippen LogP contribution in [-0.2, 0) is 13.0 Å². The van der Waals surface area contributed by atoms with Crippen LogP contribution in [0.2, 0.25) is 0 Å². The van der Waals surface area contributed by atoms with Crippen molar-refractivity contribution in [1.82, 2.24) is 9.55 Å². The first-order valence-electron chi connectivity index (χ1n) is 4.83. The molecular weight excluding hydrogens is 148 g/mol. The molecule has 2 heteroatoms. The Hall–Kier alpha value is -0.790. The van der Waals surface area contributed by atoms with Crippen LogP contribution in [0.25, 0.3) is 0 Å². The second kappa shape index (κ2) is 2.92. The second-order valence-electron chi connectivity index (χ2n) is 3.86. The Morgan fingerprint density at radius 3 is 3.00 bits per heavy atom. The SMILES string of the molecule is CC(C)c1cnc2n1CCCC2. The summed E-state index contributed by atoms with van der Waals surface area (Å²) in [7, 11) is 0. The predicted molar refractivity (Wildman–Crippen MR) is 49.3 cm³/mol. The predicted octanol–water partition coefficient (Wildman–Crippen LogP) is 2.34. The first-order valence-corrected chi connectivity index (χ1v) is 4.83. The molecule has 0 fully saturated rings. The van der Waals surface area contributed by atoms with Crippen molar-refractivity contribution in [3.63, 3.8) is 0 Å². The zero-order valence-electron chi connectivity index (χ0n) is 7.88. The average Bonchev–Trinajstić information content (AvgIpc) is 2.47. The number of fused-ring (bicyclic) bond motifs is 1. The van der Waals surface area contributed by atoms with E-state index >= 15 is 0 Å². The number of hydrogen-bond acceptors (Lipinski definition) is 1. The van der Waals surface area contributed by atoms with Gasteiger partial charge in [-0.05, 0) is 18.8 Å². The third-order valence-corrected chi connectivity index (χ3v) is 2.59. The molecular formula is C10H16N2. The maximum atomic E-state index is 4.44. The van der Waals surface area contributed by atoms with E-state index in [4.69, 9.17) is 0 Å². The fraction of sp³-hybridized carbons (Fsp3) is 0.700. The van der Waals surface area contributed by atoms with Crippen molar-refractivity contribution in [2.24, 2.45) is 0 Å².